The van der Waals surface area contributed by atoms with E-state index in [1.807, 2.05) is 24.3 Å². The number of para-hydroxylation sites is 2. The summed E-state index contributed by atoms with van der Waals surface area (Å²) >= 11 is 0. The first-order chi connectivity index (χ1) is 35.6. The van der Waals surface area contributed by atoms with E-state index in [0.717, 1.165) is 149 Å². The molecule has 0 saturated heterocycles. The molecule has 0 atom stereocenters. The van der Waals surface area contributed by atoms with Gasteiger partial charge in [0, 0.05) is 83.3 Å². The summed E-state index contributed by atoms with van der Waals surface area (Å²) in [5.41, 5.74) is 19.2. The van der Waals surface area contributed by atoms with E-state index in [4.69, 9.17) is 17.7 Å². The van der Waals surface area contributed by atoms with Gasteiger partial charge >= 0.3 is 0 Å². The molecule has 0 N–H and O–H groups in total. The number of hydrogen-bond donors (Lipinski definition) is 0. The molecular formula is C67H46N2O4. The molecular weight excluding hydrogens is 897 g/mol. The van der Waals surface area contributed by atoms with Gasteiger partial charge in [0.05, 0.1) is 0 Å². The maximum atomic E-state index is 6.80. The number of rotatable bonds is 6. The highest BCUT2D eigenvalue weighted by Crippen LogP contribution is 2.46. The Labute approximate surface area is 419 Å². The van der Waals surface area contributed by atoms with Crippen LogP contribution in [0.5, 0.6) is 0 Å². The first kappa shape index (κ1) is 41.5. The van der Waals surface area contributed by atoms with Gasteiger partial charge < -0.3 is 27.5 Å². The van der Waals surface area contributed by atoms with Crippen LogP contribution in [-0.2, 0) is 0 Å². The van der Waals surface area contributed by atoms with Crippen LogP contribution in [0.2, 0.25) is 0 Å². The van der Waals surface area contributed by atoms with Crippen LogP contribution in [0, 0.1) is 34.6 Å². The van der Waals surface area contributed by atoms with Crippen molar-refractivity contribution in [3.05, 3.63) is 216 Å². The molecule has 0 aliphatic heterocycles. The van der Waals surface area contributed by atoms with Gasteiger partial charge in [0.2, 0.25) is 0 Å². The summed E-state index contributed by atoms with van der Waals surface area (Å²) in [6.07, 6.45) is 0. The molecule has 6 nitrogen and oxygen atoms in total. The number of fused-ring (bicyclic) bond motifs is 14. The van der Waals surface area contributed by atoms with Gasteiger partial charge in [0.25, 0.3) is 0 Å². The summed E-state index contributed by atoms with van der Waals surface area (Å²) in [6, 6.07) is 67.5. The third kappa shape index (κ3) is 6.50. The van der Waals surface area contributed by atoms with Crippen LogP contribution in [0.3, 0.4) is 0 Å². The second-order valence-corrected chi connectivity index (χ2v) is 20.1. The Balaban J connectivity index is 0.841. The van der Waals surface area contributed by atoms with Crippen LogP contribution in [-0.4, -0.2) is 0 Å². The van der Waals surface area contributed by atoms with Gasteiger partial charge in [-0.3, -0.25) is 0 Å². The number of furan rings is 4. The first-order valence-corrected chi connectivity index (χ1v) is 24.9. The number of anilines is 6. The third-order valence-electron chi connectivity index (χ3n) is 15.0. The van der Waals surface area contributed by atoms with E-state index >= 15 is 0 Å². The maximum Gasteiger partial charge on any atom is 0.139 e. The highest BCUT2D eigenvalue weighted by Gasteiger charge is 2.22. The van der Waals surface area contributed by atoms with Crippen LogP contribution in [0.1, 0.15) is 27.8 Å². The largest absolute Gasteiger partial charge is 0.456 e. The van der Waals surface area contributed by atoms with E-state index in [9.17, 15) is 0 Å². The van der Waals surface area contributed by atoms with E-state index in [-0.39, 0.29) is 0 Å². The van der Waals surface area contributed by atoms with E-state index in [1.165, 1.54) is 22.3 Å². The second-order valence-electron chi connectivity index (χ2n) is 20.1. The molecule has 4 heterocycles. The SMILES string of the molecule is Cc1cc(C)cc(N(c2ccc3cc4c(cc3c2)oc2cc3oc5cc6cc(N(c7cc(C)cc(C)c7)c7ccc8oc9ccccc9c8c7)ccc6cc5c3c(C)c24)c2ccc3oc4ccccc4c3c2)c1. The van der Waals surface area contributed by atoms with Crippen LogP contribution in [0.4, 0.5) is 34.1 Å². The standard InChI is InChI=1S/C67H46N2O4/c1-37-22-38(2)25-50(24-37)68(48-18-20-60-54(34-48)52-10-6-8-12-58(52)70-60)46-16-14-42-30-56-62(32-44(42)28-46)72-64-36-65-67(41(5)66(56)64)57-31-43-15-17-47(29-45(43)33-63(57)73-65)69(51-26-39(3)23-40(4)27-51)49-19-21-61-55(35-49)53-11-7-9-13-59(53)71-61/h6-36H,1-5H3. The van der Waals surface area contributed by atoms with E-state index in [2.05, 4.69) is 208 Å². The van der Waals surface area contributed by atoms with Gasteiger partial charge in [-0.05, 0) is 205 Å². The quantitative estimate of drug-likeness (QED) is 0.166. The molecule has 11 aromatic carbocycles. The fourth-order valence-corrected chi connectivity index (χ4v) is 12.0. The van der Waals surface area contributed by atoms with Crippen molar-refractivity contribution in [1.29, 1.82) is 0 Å². The lowest BCUT2D eigenvalue weighted by Crippen LogP contribution is -2.10. The lowest BCUT2D eigenvalue weighted by atomic mass is 9.98. The molecule has 0 aliphatic carbocycles. The lowest BCUT2D eigenvalue weighted by Gasteiger charge is -2.26. The summed E-state index contributed by atoms with van der Waals surface area (Å²) in [4.78, 5) is 4.70. The summed E-state index contributed by atoms with van der Waals surface area (Å²) in [5.74, 6) is 0. The minimum absolute atomic E-state index is 0.811. The van der Waals surface area contributed by atoms with Gasteiger partial charge in [-0.25, -0.2) is 0 Å². The van der Waals surface area contributed by atoms with Gasteiger partial charge in [0.15, 0.2) is 0 Å². The summed E-state index contributed by atoms with van der Waals surface area (Å²) in [6.45, 7) is 10.8. The second kappa shape index (κ2) is 15.4. The van der Waals surface area contributed by atoms with Crippen molar-refractivity contribution in [3.8, 4) is 0 Å². The molecule has 0 spiro atoms. The highest BCUT2D eigenvalue weighted by molar-refractivity contribution is 6.21. The smallest absolute Gasteiger partial charge is 0.139 e. The Bertz CT molecular complexity index is 4490. The number of benzene rings is 11. The molecule has 0 aliphatic rings. The van der Waals surface area contributed by atoms with Crippen molar-refractivity contribution < 1.29 is 17.7 Å². The van der Waals surface area contributed by atoms with Gasteiger partial charge in [-0.1, -0.05) is 60.7 Å². The molecule has 15 rings (SSSR count). The Morgan fingerprint density at radius 1 is 0.247 bits per heavy atom. The number of hydrogen-bond acceptors (Lipinski definition) is 6. The van der Waals surface area contributed by atoms with Gasteiger partial charge in [-0.15, -0.1) is 0 Å². The van der Waals surface area contributed by atoms with E-state index in [0.29, 0.717) is 0 Å². The normalized spacial score (nSPS) is 12.2. The van der Waals surface area contributed by atoms with Crippen LogP contribution in [0.25, 0.3) is 109 Å². The molecule has 0 unspecified atom stereocenters. The lowest BCUT2D eigenvalue weighted by molar-refractivity contribution is 0.656. The molecule has 348 valence electrons. The zero-order valence-corrected chi connectivity index (χ0v) is 40.9. The molecule has 0 amide bonds. The van der Waals surface area contributed by atoms with Crippen molar-refractivity contribution in [2.45, 2.75) is 34.6 Å². The van der Waals surface area contributed by atoms with Crippen molar-refractivity contribution in [1.82, 2.24) is 0 Å². The van der Waals surface area contributed by atoms with Crippen LogP contribution >= 0.6 is 0 Å². The van der Waals surface area contributed by atoms with Crippen molar-refractivity contribution in [3.63, 3.8) is 0 Å². The predicted molar refractivity (Wildman–Crippen MR) is 304 cm³/mol. The summed E-state index contributed by atoms with van der Waals surface area (Å²) in [5, 5.41) is 13.3. The summed E-state index contributed by atoms with van der Waals surface area (Å²) < 4.78 is 26.1. The fraction of sp³-hybridized carbons (Fsp3) is 0.0746. The maximum absolute atomic E-state index is 6.80. The zero-order valence-electron chi connectivity index (χ0n) is 40.9. The van der Waals surface area contributed by atoms with E-state index < -0.39 is 0 Å². The molecule has 0 bridgehead atoms. The highest BCUT2D eigenvalue weighted by atomic mass is 16.3. The van der Waals surface area contributed by atoms with Crippen molar-refractivity contribution in [2.24, 2.45) is 0 Å². The Hall–Kier alpha value is -9.26. The molecule has 73 heavy (non-hydrogen) atoms. The minimum Gasteiger partial charge on any atom is -0.456 e. The number of aryl methyl sites for hydroxylation is 5. The Morgan fingerprint density at radius 3 is 1.08 bits per heavy atom. The summed E-state index contributed by atoms with van der Waals surface area (Å²) in [7, 11) is 0. The Morgan fingerprint density at radius 2 is 0.630 bits per heavy atom. The van der Waals surface area contributed by atoms with Crippen LogP contribution in [0.15, 0.2) is 206 Å². The molecule has 4 aromatic heterocycles. The Kier molecular flexibility index (Phi) is 8.74. The zero-order chi connectivity index (χ0) is 48.8. The first-order valence-electron chi connectivity index (χ1n) is 24.9. The van der Waals surface area contributed by atoms with Gasteiger partial charge in [-0.2, -0.15) is 0 Å². The average Bonchev–Trinajstić information content (AvgIpc) is 4.14. The molecule has 0 radical (unpaired) electrons. The van der Waals surface area contributed by atoms with Crippen molar-refractivity contribution >= 4 is 143 Å². The monoisotopic (exact) mass is 942 g/mol. The average molecular weight is 943 g/mol. The third-order valence-corrected chi connectivity index (χ3v) is 15.0. The topological polar surface area (TPSA) is 59.0 Å². The number of nitrogens with zero attached hydrogens (tertiary/aromatic N) is 2. The van der Waals surface area contributed by atoms with Crippen LogP contribution < -0.4 is 9.80 Å². The molecule has 0 fully saturated rings. The predicted octanol–water partition coefficient (Wildman–Crippen LogP) is 20.1. The van der Waals surface area contributed by atoms with Crippen molar-refractivity contribution in [2.75, 3.05) is 9.80 Å². The molecule has 0 saturated carbocycles. The van der Waals surface area contributed by atoms with E-state index in [1.54, 1.807) is 0 Å². The minimum atomic E-state index is 0.811. The molecule has 6 heteroatoms. The van der Waals surface area contributed by atoms with Gasteiger partial charge in [0.1, 0.15) is 44.7 Å². The molecule has 15 aromatic rings. The fourth-order valence-electron chi connectivity index (χ4n) is 12.0.